The maximum atomic E-state index is 20.1. The highest BCUT2D eigenvalue weighted by Gasteiger charge is 2.55. The Morgan fingerprint density at radius 1 is 0.286 bits per heavy atom. The Labute approximate surface area is 631 Å². The second-order valence-corrected chi connectivity index (χ2v) is 34.6. The zero-order valence-corrected chi connectivity index (χ0v) is 68.9. The Morgan fingerprint density at radius 2 is 0.490 bits per heavy atom. The van der Waals surface area contributed by atoms with Gasteiger partial charge in [0, 0.05) is 52.3 Å². The molecule has 0 aliphatic heterocycles. The highest BCUT2D eigenvalue weighted by atomic mass is 127. The van der Waals surface area contributed by atoms with E-state index in [2.05, 4.69) is 78.3 Å². The number of fused-ring (bicyclic) bond motifs is 10. The molecule has 0 fully saturated rings. The van der Waals surface area contributed by atoms with E-state index in [1.807, 2.05) is 0 Å². The van der Waals surface area contributed by atoms with Crippen LogP contribution >= 0.6 is 62.0 Å². The summed E-state index contributed by atoms with van der Waals surface area (Å²) in [5, 5.41) is 0. The van der Waals surface area contributed by atoms with Gasteiger partial charge in [0.05, 0.1) is 23.5 Å². The first-order valence-corrected chi connectivity index (χ1v) is 46.1. The molecule has 98 heavy (non-hydrogen) atoms. The average molecular weight is 1570 g/mol. The molecular weight excluding hydrogens is 1420 g/mol. The fraction of sp³-hybridized carbons (Fsp3) is 0.795. The van der Waals surface area contributed by atoms with E-state index in [1.54, 1.807) is 0 Å². The second kappa shape index (κ2) is 50.0. The van der Waals surface area contributed by atoms with Crippen LogP contribution in [0.25, 0.3) is 44.3 Å². The van der Waals surface area contributed by atoms with Gasteiger partial charge in [0.15, 0.2) is 0 Å². The van der Waals surface area contributed by atoms with Crippen LogP contribution in [0.3, 0.4) is 0 Å². The number of unbranched alkanes of at least 4 members (excludes halogenated alkanes) is 56. The molecule has 0 amide bonds. The Hall–Kier alpha value is -1.63. The van der Waals surface area contributed by atoms with E-state index in [0.29, 0.717) is 22.3 Å². The third-order valence-corrected chi connectivity index (χ3v) is 26.2. The molecule has 0 saturated heterocycles. The molecule has 2 aliphatic rings. The minimum Gasteiger partial charge on any atom is -0.206 e. The van der Waals surface area contributed by atoms with E-state index in [0.717, 1.165) is 129 Å². The number of hydrogen-bond donors (Lipinski definition) is 0. The van der Waals surface area contributed by atoms with E-state index in [-0.39, 0.29) is 11.6 Å². The number of benzene rings is 3. The van der Waals surface area contributed by atoms with Crippen molar-refractivity contribution in [2.45, 2.75) is 449 Å². The molecule has 3 aromatic carbocycles. The van der Waals surface area contributed by atoms with E-state index in [9.17, 15) is 0 Å². The van der Waals surface area contributed by atoms with Gasteiger partial charge in [-0.1, -0.05) is 413 Å². The average Bonchev–Trinajstić information content (AvgIpc) is 1.50. The molecule has 2 heterocycles. The zero-order valence-electron chi connectivity index (χ0n) is 63.5. The molecule has 5 aromatic rings. The summed E-state index contributed by atoms with van der Waals surface area (Å²) in [5.74, 6) is -0.373. The predicted molar refractivity (Wildman–Crippen MR) is 439 cm³/mol. The molecule has 0 spiro atoms. The third-order valence-electron chi connectivity index (χ3n) is 23.7. The van der Waals surface area contributed by atoms with Gasteiger partial charge in [-0.2, -0.15) is 17.5 Å². The third kappa shape index (κ3) is 25.9. The SMILES string of the molecule is CCCCCCCCCCCCCCCCCC1(CCCCCCCCCCCCCCCCC)c2cc(Br)c3nsnc3c2-c2c(F)c3c(c(F)c21)-c1c(cc(I)c2nsnc12)C3(CCCCCCCCCCCCCCCCC)CCCCCCCCCCCCCCCCC. The van der Waals surface area contributed by atoms with Gasteiger partial charge in [-0.05, 0) is 87.5 Å². The van der Waals surface area contributed by atoms with Gasteiger partial charge in [-0.15, -0.1) is 0 Å². The molecule has 0 N–H and O–H groups in total. The Morgan fingerprint density at radius 3 is 0.745 bits per heavy atom. The van der Waals surface area contributed by atoms with Crippen molar-refractivity contribution < 1.29 is 8.78 Å². The molecule has 0 saturated carbocycles. The van der Waals surface area contributed by atoms with Gasteiger partial charge in [-0.3, -0.25) is 0 Å². The van der Waals surface area contributed by atoms with Crippen LogP contribution in [0, 0.1) is 15.2 Å². The number of aromatic nitrogens is 4. The van der Waals surface area contributed by atoms with Crippen molar-refractivity contribution in [3.63, 3.8) is 0 Å². The molecule has 10 heteroatoms. The number of halogens is 4. The van der Waals surface area contributed by atoms with Crippen molar-refractivity contribution in [2.24, 2.45) is 0 Å². The van der Waals surface area contributed by atoms with Crippen molar-refractivity contribution in [3.05, 3.63) is 54.1 Å². The molecule has 2 aliphatic carbocycles. The Bertz CT molecular complexity index is 2650. The molecule has 0 bridgehead atoms. The van der Waals surface area contributed by atoms with Gasteiger partial charge < -0.3 is 0 Å². The highest BCUT2D eigenvalue weighted by molar-refractivity contribution is 14.1. The van der Waals surface area contributed by atoms with Crippen molar-refractivity contribution >= 4 is 84.0 Å². The summed E-state index contributed by atoms with van der Waals surface area (Å²) in [6.07, 6.45) is 81.4. The van der Waals surface area contributed by atoms with Crippen molar-refractivity contribution in [1.29, 1.82) is 0 Å². The first-order chi connectivity index (χ1) is 48.3. The molecule has 4 nitrogen and oxygen atoms in total. The lowest BCUT2D eigenvalue weighted by Crippen LogP contribution is -2.29. The molecule has 0 unspecified atom stereocenters. The van der Waals surface area contributed by atoms with Gasteiger partial charge in [0.1, 0.15) is 33.7 Å². The van der Waals surface area contributed by atoms with Crippen LogP contribution in [-0.2, 0) is 10.8 Å². The lowest BCUT2D eigenvalue weighted by Gasteiger charge is -2.35. The maximum absolute atomic E-state index is 20.1. The first kappa shape index (κ1) is 83.6. The molecule has 554 valence electrons. The normalized spacial score (nSPS) is 13.6. The lowest BCUT2D eigenvalue weighted by atomic mass is 9.68. The maximum Gasteiger partial charge on any atom is 0.136 e. The lowest BCUT2D eigenvalue weighted by molar-refractivity contribution is 0.374. The van der Waals surface area contributed by atoms with E-state index < -0.39 is 10.8 Å². The van der Waals surface area contributed by atoms with Crippen LogP contribution in [0.15, 0.2) is 16.6 Å². The van der Waals surface area contributed by atoms with Crippen molar-refractivity contribution in [3.8, 4) is 22.3 Å². The number of nitrogens with zero attached hydrogens (tertiary/aromatic N) is 4. The monoisotopic (exact) mass is 1560 g/mol. The minimum atomic E-state index is -0.714. The van der Waals surface area contributed by atoms with Crippen LogP contribution in [0.2, 0.25) is 0 Å². The summed E-state index contributed by atoms with van der Waals surface area (Å²) in [5.41, 5.74) is 7.82. The van der Waals surface area contributed by atoms with Crippen molar-refractivity contribution in [1.82, 2.24) is 17.5 Å². The largest absolute Gasteiger partial charge is 0.206 e. The van der Waals surface area contributed by atoms with Gasteiger partial charge in [-0.25, -0.2) is 8.78 Å². The van der Waals surface area contributed by atoms with Gasteiger partial charge >= 0.3 is 0 Å². The smallest absolute Gasteiger partial charge is 0.136 e. The van der Waals surface area contributed by atoms with E-state index in [4.69, 9.17) is 17.5 Å². The number of hydrogen-bond acceptors (Lipinski definition) is 6. The summed E-state index contributed by atoms with van der Waals surface area (Å²) in [6.45, 7) is 9.22. The van der Waals surface area contributed by atoms with Crippen LogP contribution in [0.5, 0.6) is 0 Å². The molecule has 0 radical (unpaired) electrons. The predicted octanol–water partition coefficient (Wildman–Crippen LogP) is 32.9. The highest BCUT2D eigenvalue weighted by Crippen LogP contribution is 2.65. The quantitative estimate of drug-likeness (QED) is 0.0288. The van der Waals surface area contributed by atoms with E-state index >= 15 is 8.78 Å². The summed E-state index contributed by atoms with van der Waals surface area (Å²) < 4.78 is 62.1. The van der Waals surface area contributed by atoms with Crippen LogP contribution < -0.4 is 0 Å². The minimum absolute atomic E-state index is 0.186. The van der Waals surface area contributed by atoms with Crippen LogP contribution in [0.4, 0.5) is 8.78 Å². The first-order valence-electron chi connectivity index (χ1n) is 42.8. The van der Waals surface area contributed by atoms with E-state index in [1.165, 1.54) is 357 Å². The summed E-state index contributed by atoms with van der Waals surface area (Å²) in [6, 6.07) is 4.59. The van der Waals surface area contributed by atoms with Gasteiger partial charge in [0.2, 0.25) is 0 Å². The topological polar surface area (TPSA) is 51.6 Å². The van der Waals surface area contributed by atoms with Crippen LogP contribution in [0.1, 0.15) is 461 Å². The molecular formula is C88H142BrF2IN4S2. The molecule has 2 aromatic heterocycles. The molecule has 7 rings (SSSR count). The summed E-state index contributed by atoms with van der Waals surface area (Å²) in [4.78, 5) is 0. The van der Waals surface area contributed by atoms with Crippen LogP contribution in [-0.4, -0.2) is 17.5 Å². The standard InChI is InChI=1S/C88H142BrF2IN4S2/c1-5-9-13-17-21-25-29-33-37-41-45-49-53-57-61-65-87(66-62-58-54-50-46-42-38-34-30-26-22-18-14-10-6-2)71-69-73(89)83-85(95-97-93-83)75(71)77-79(87)82(91)78-76-72(70-74(92)84-86(76)96-98-94-84)88(80(78)81(77)90,67-63-59-55-51-47-43-39-35-31-27-23-19-15-11-7-3)68-64-60-56-52-48-44-40-36-32-28-24-20-16-12-8-4/h69-70H,5-68H2,1-4H3. The van der Waals surface area contributed by atoms with Crippen molar-refractivity contribution in [2.75, 3.05) is 0 Å². The second-order valence-electron chi connectivity index (χ2n) is 31.6. The fourth-order valence-electron chi connectivity index (χ4n) is 17.9. The number of rotatable bonds is 64. The zero-order chi connectivity index (χ0) is 69.1. The Kier molecular flexibility index (Phi) is 42.6. The summed E-state index contributed by atoms with van der Waals surface area (Å²) >= 11 is 8.95. The fourth-order valence-corrected chi connectivity index (χ4v) is 20.5. The molecule has 0 atom stereocenters. The Balaban J connectivity index is 1.16. The summed E-state index contributed by atoms with van der Waals surface area (Å²) in [7, 11) is 0. The van der Waals surface area contributed by atoms with Gasteiger partial charge in [0.25, 0.3) is 0 Å².